The summed E-state index contributed by atoms with van der Waals surface area (Å²) < 4.78 is 0. The summed E-state index contributed by atoms with van der Waals surface area (Å²) in [5, 5.41) is 8.65. The lowest BCUT2D eigenvalue weighted by molar-refractivity contribution is 0.0485. The van der Waals surface area contributed by atoms with Crippen molar-refractivity contribution in [1.29, 1.82) is 0 Å². The minimum absolute atomic E-state index is 0.0787. The Balaban J connectivity index is 2.20. The number of hydrogen-bond acceptors (Lipinski definition) is 1. The van der Waals surface area contributed by atoms with E-state index in [-0.39, 0.29) is 6.10 Å². The average molecular weight is 85.1 g/mol. The van der Waals surface area contributed by atoms with Gasteiger partial charge in [0.2, 0.25) is 0 Å². The molecule has 1 N–H and O–H groups in total. The zero-order valence-corrected chi connectivity index (χ0v) is 3.72. The molecule has 35 valence electrons. The van der Waals surface area contributed by atoms with Crippen molar-refractivity contribution in [2.24, 2.45) is 5.92 Å². The molecule has 1 aliphatic rings. The van der Waals surface area contributed by atoms with Gasteiger partial charge in [-0.15, -0.1) is 0 Å². The third kappa shape index (κ3) is 0.432. The van der Waals surface area contributed by atoms with Gasteiger partial charge in [-0.1, -0.05) is 0 Å². The SMILES string of the molecule is [CH2]C1CCC1O. The van der Waals surface area contributed by atoms with Crippen LogP contribution in [0.1, 0.15) is 12.8 Å². The predicted molar refractivity (Wildman–Crippen MR) is 24.1 cm³/mol. The fraction of sp³-hybridized carbons (Fsp3) is 0.800. The molecule has 2 atom stereocenters. The number of aliphatic hydroxyl groups excluding tert-OH is 1. The lowest BCUT2D eigenvalue weighted by atomic mass is 9.84. The molecule has 0 aromatic rings. The van der Waals surface area contributed by atoms with Crippen LogP contribution in [0, 0.1) is 12.8 Å². The Morgan fingerprint density at radius 2 is 2.00 bits per heavy atom. The van der Waals surface area contributed by atoms with E-state index in [0.717, 1.165) is 12.8 Å². The molecule has 2 unspecified atom stereocenters. The van der Waals surface area contributed by atoms with Gasteiger partial charge < -0.3 is 5.11 Å². The van der Waals surface area contributed by atoms with Gasteiger partial charge in [-0.3, -0.25) is 0 Å². The molecule has 1 heteroatoms. The van der Waals surface area contributed by atoms with Gasteiger partial charge in [-0.05, 0) is 25.7 Å². The Kier molecular flexibility index (Phi) is 0.845. The van der Waals surface area contributed by atoms with E-state index in [1.807, 2.05) is 0 Å². The molecule has 1 rings (SSSR count). The highest BCUT2D eigenvalue weighted by Gasteiger charge is 2.23. The van der Waals surface area contributed by atoms with Crippen molar-refractivity contribution in [2.75, 3.05) is 0 Å². The van der Waals surface area contributed by atoms with Gasteiger partial charge in [0.1, 0.15) is 0 Å². The Morgan fingerprint density at radius 3 is 2.00 bits per heavy atom. The van der Waals surface area contributed by atoms with Crippen molar-refractivity contribution in [3.63, 3.8) is 0 Å². The fourth-order valence-electron chi connectivity index (χ4n) is 0.551. The summed E-state index contributed by atoms with van der Waals surface area (Å²) in [6, 6.07) is 0. The van der Waals surface area contributed by atoms with Gasteiger partial charge in [0.05, 0.1) is 6.10 Å². The van der Waals surface area contributed by atoms with Crippen molar-refractivity contribution < 1.29 is 5.11 Å². The molecule has 1 fully saturated rings. The molecular formula is C5H9O. The van der Waals surface area contributed by atoms with Crippen LogP contribution >= 0.6 is 0 Å². The van der Waals surface area contributed by atoms with E-state index in [9.17, 15) is 0 Å². The highest BCUT2D eigenvalue weighted by molar-refractivity contribution is 4.80. The minimum atomic E-state index is -0.0787. The molecule has 1 saturated carbocycles. The monoisotopic (exact) mass is 85.1 g/mol. The summed E-state index contributed by atoms with van der Waals surface area (Å²) in [6.45, 7) is 3.67. The lowest BCUT2D eigenvalue weighted by Gasteiger charge is -2.27. The Labute approximate surface area is 38.0 Å². The van der Waals surface area contributed by atoms with Crippen LogP contribution in [0.25, 0.3) is 0 Å². The van der Waals surface area contributed by atoms with E-state index >= 15 is 0 Å². The summed E-state index contributed by atoms with van der Waals surface area (Å²) >= 11 is 0. The van der Waals surface area contributed by atoms with E-state index in [0.29, 0.717) is 5.92 Å². The lowest BCUT2D eigenvalue weighted by Crippen LogP contribution is -2.28. The van der Waals surface area contributed by atoms with Crippen LogP contribution in [-0.2, 0) is 0 Å². The largest absolute Gasteiger partial charge is 0.393 e. The van der Waals surface area contributed by atoms with E-state index < -0.39 is 0 Å². The first-order valence-corrected chi connectivity index (χ1v) is 2.32. The standard InChI is InChI=1S/C5H9O/c1-4-2-3-5(4)6/h4-6H,1-3H2. The normalized spacial score (nSPS) is 45.0. The van der Waals surface area contributed by atoms with Crippen molar-refractivity contribution in [2.45, 2.75) is 18.9 Å². The molecule has 0 amide bonds. The zero-order chi connectivity index (χ0) is 4.57. The highest BCUT2D eigenvalue weighted by Crippen LogP contribution is 2.25. The average Bonchev–Trinajstić information content (AvgIpc) is 1.61. The molecule has 0 aromatic carbocycles. The summed E-state index contributed by atoms with van der Waals surface area (Å²) in [5.41, 5.74) is 0. The van der Waals surface area contributed by atoms with Gasteiger partial charge >= 0.3 is 0 Å². The summed E-state index contributed by atoms with van der Waals surface area (Å²) in [7, 11) is 0. The van der Waals surface area contributed by atoms with Gasteiger partial charge in [0, 0.05) is 0 Å². The number of rotatable bonds is 0. The molecule has 0 heterocycles. The molecule has 1 radical (unpaired) electrons. The second-order valence-electron chi connectivity index (χ2n) is 1.90. The van der Waals surface area contributed by atoms with Gasteiger partial charge in [0.15, 0.2) is 0 Å². The van der Waals surface area contributed by atoms with Crippen LogP contribution in [-0.4, -0.2) is 11.2 Å². The molecule has 0 bridgehead atoms. The number of hydrogen-bond donors (Lipinski definition) is 1. The van der Waals surface area contributed by atoms with E-state index in [1.165, 1.54) is 0 Å². The van der Waals surface area contributed by atoms with E-state index in [4.69, 9.17) is 5.11 Å². The van der Waals surface area contributed by atoms with Crippen molar-refractivity contribution in [3.05, 3.63) is 6.92 Å². The summed E-state index contributed by atoms with van der Waals surface area (Å²) in [4.78, 5) is 0. The molecule has 0 aromatic heterocycles. The number of aliphatic hydroxyl groups is 1. The Bertz CT molecular complexity index is 43.9. The smallest absolute Gasteiger partial charge is 0.0568 e. The third-order valence-corrected chi connectivity index (χ3v) is 1.38. The summed E-state index contributed by atoms with van der Waals surface area (Å²) in [5.74, 6) is 0.338. The maximum absolute atomic E-state index is 8.65. The topological polar surface area (TPSA) is 20.2 Å². The Hall–Kier alpha value is -0.0400. The van der Waals surface area contributed by atoms with Gasteiger partial charge in [0.25, 0.3) is 0 Å². The first-order chi connectivity index (χ1) is 2.80. The van der Waals surface area contributed by atoms with Crippen molar-refractivity contribution in [3.8, 4) is 0 Å². The van der Waals surface area contributed by atoms with Crippen LogP contribution in [0.5, 0.6) is 0 Å². The maximum atomic E-state index is 8.65. The first-order valence-electron chi connectivity index (χ1n) is 2.32. The van der Waals surface area contributed by atoms with Crippen molar-refractivity contribution in [1.82, 2.24) is 0 Å². The van der Waals surface area contributed by atoms with E-state index in [1.54, 1.807) is 0 Å². The second kappa shape index (κ2) is 1.23. The fourth-order valence-corrected chi connectivity index (χ4v) is 0.551. The van der Waals surface area contributed by atoms with Gasteiger partial charge in [-0.2, -0.15) is 0 Å². The van der Waals surface area contributed by atoms with Crippen LogP contribution in [0.15, 0.2) is 0 Å². The maximum Gasteiger partial charge on any atom is 0.0568 e. The van der Waals surface area contributed by atoms with Crippen molar-refractivity contribution >= 4 is 0 Å². The third-order valence-electron chi connectivity index (χ3n) is 1.38. The van der Waals surface area contributed by atoms with Crippen LogP contribution in [0.2, 0.25) is 0 Å². The molecular weight excluding hydrogens is 76.1 g/mol. The van der Waals surface area contributed by atoms with Gasteiger partial charge in [-0.25, -0.2) is 0 Å². The molecule has 0 aliphatic heterocycles. The van der Waals surface area contributed by atoms with E-state index in [2.05, 4.69) is 6.92 Å². The van der Waals surface area contributed by atoms with Crippen LogP contribution in [0.3, 0.4) is 0 Å². The Morgan fingerprint density at radius 1 is 1.50 bits per heavy atom. The summed E-state index contributed by atoms with van der Waals surface area (Å²) in [6.07, 6.45) is 2.00. The molecule has 0 saturated heterocycles. The molecule has 1 nitrogen and oxygen atoms in total. The molecule has 6 heavy (non-hydrogen) atoms. The molecule has 0 spiro atoms. The highest BCUT2D eigenvalue weighted by atomic mass is 16.3. The molecule has 1 aliphatic carbocycles. The van der Waals surface area contributed by atoms with Crippen LogP contribution in [0.4, 0.5) is 0 Å². The first kappa shape index (κ1) is 4.13. The van der Waals surface area contributed by atoms with Crippen LogP contribution < -0.4 is 0 Å². The zero-order valence-electron chi connectivity index (χ0n) is 3.72. The minimum Gasteiger partial charge on any atom is -0.393 e. The second-order valence-corrected chi connectivity index (χ2v) is 1.90. The predicted octanol–water partition coefficient (Wildman–Crippen LogP) is 0.591. The quantitative estimate of drug-likeness (QED) is 0.456.